The number of hydrogen-bond acceptors (Lipinski definition) is 4. The first-order valence-corrected chi connectivity index (χ1v) is 3.47. The van der Waals surface area contributed by atoms with Crippen molar-refractivity contribution in [3.8, 4) is 0 Å². The Bertz CT molecular complexity index is 202. The molecule has 0 saturated heterocycles. The average molecular weight is 153 g/mol. The molecule has 1 heterocycles. The number of rotatable bonds is 3. The van der Waals surface area contributed by atoms with E-state index in [1.165, 1.54) is 0 Å². The smallest absolute Gasteiger partial charge is 0.0754 e. The predicted molar refractivity (Wildman–Crippen MR) is 40.7 cm³/mol. The molecule has 4 nitrogen and oxygen atoms in total. The van der Waals surface area contributed by atoms with Crippen molar-refractivity contribution >= 4 is 0 Å². The highest BCUT2D eigenvalue weighted by Gasteiger charge is 2.04. The molecule has 3 N–H and O–H groups in total. The van der Waals surface area contributed by atoms with Crippen LogP contribution in [0.25, 0.3) is 0 Å². The summed E-state index contributed by atoms with van der Waals surface area (Å²) < 4.78 is 0. The Morgan fingerprint density at radius 3 is 2.91 bits per heavy atom. The molecule has 0 spiro atoms. The summed E-state index contributed by atoms with van der Waals surface area (Å²) in [5.41, 5.74) is 6.37. The maximum absolute atomic E-state index is 8.57. The second-order valence-electron chi connectivity index (χ2n) is 2.25. The summed E-state index contributed by atoms with van der Waals surface area (Å²) in [6, 6.07) is -0.200. The largest absolute Gasteiger partial charge is 0.396 e. The second-order valence-corrected chi connectivity index (χ2v) is 2.25. The van der Waals surface area contributed by atoms with Gasteiger partial charge in [0.2, 0.25) is 0 Å². The van der Waals surface area contributed by atoms with Gasteiger partial charge in [0, 0.05) is 25.2 Å². The van der Waals surface area contributed by atoms with Crippen molar-refractivity contribution in [2.45, 2.75) is 12.5 Å². The Balaban J connectivity index is 2.61. The highest BCUT2D eigenvalue weighted by atomic mass is 16.3. The van der Waals surface area contributed by atoms with Gasteiger partial charge in [0.25, 0.3) is 0 Å². The minimum absolute atomic E-state index is 0.0811. The quantitative estimate of drug-likeness (QED) is 0.634. The van der Waals surface area contributed by atoms with Crippen molar-refractivity contribution in [3.63, 3.8) is 0 Å². The van der Waals surface area contributed by atoms with E-state index in [1.807, 2.05) is 0 Å². The molecule has 0 amide bonds. The van der Waals surface area contributed by atoms with E-state index >= 15 is 0 Å². The lowest BCUT2D eigenvalue weighted by atomic mass is 10.2. The van der Waals surface area contributed by atoms with Gasteiger partial charge in [-0.1, -0.05) is 0 Å². The zero-order chi connectivity index (χ0) is 8.10. The van der Waals surface area contributed by atoms with E-state index in [4.69, 9.17) is 10.8 Å². The fourth-order valence-corrected chi connectivity index (χ4v) is 0.789. The van der Waals surface area contributed by atoms with Crippen molar-refractivity contribution in [1.82, 2.24) is 9.97 Å². The number of nitrogens with two attached hydrogens (primary N) is 1. The number of hydrogen-bond donors (Lipinski definition) is 2. The topological polar surface area (TPSA) is 72.0 Å². The highest BCUT2D eigenvalue weighted by molar-refractivity contribution is 5.00. The fourth-order valence-electron chi connectivity index (χ4n) is 0.789. The lowest BCUT2D eigenvalue weighted by molar-refractivity contribution is 0.275. The Hall–Kier alpha value is -1.00. The molecule has 0 radical (unpaired) electrons. The molecule has 0 aliphatic carbocycles. The summed E-state index contributed by atoms with van der Waals surface area (Å²) >= 11 is 0. The molecule has 0 bridgehead atoms. The molecule has 11 heavy (non-hydrogen) atoms. The van der Waals surface area contributed by atoms with Gasteiger partial charge in [0.1, 0.15) is 0 Å². The van der Waals surface area contributed by atoms with Gasteiger partial charge in [-0.25, -0.2) is 0 Å². The number of aliphatic hydroxyl groups excluding tert-OH is 1. The zero-order valence-electron chi connectivity index (χ0n) is 6.14. The third-order valence-corrected chi connectivity index (χ3v) is 1.40. The standard InChI is InChI=1S/C7H11N3O/c8-6(1-4-11)7-5-9-2-3-10-7/h2-3,5-6,11H,1,4,8H2/t6-/m0/s1. The second kappa shape index (κ2) is 4.00. The van der Waals surface area contributed by atoms with Crippen LogP contribution < -0.4 is 5.73 Å². The van der Waals surface area contributed by atoms with E-state index in [0.717, 1.165) is 5.69 Å². The Labute approximate surface area is 65.1 Å². The third-order valence-electron chi connectivity index (χ3n) is 1.40. The summed E-state index contributed by atoms with van der Waals surface area (Å²) in [5, 5.41) is 8.57. The predicted octanol–water partition coefficient (Wildman–Crippen LogP) is -0.141. The Morgan fingerprint density at radius 2 is 2.36 bits per heavy atom. The summed E-state index contributed by atoms with van der Waals surface area (Å²) in [6.45, 7) is 0.0811. The van der Waals surface area contributed by atoms with Gasteiger partial charge in [-0.05, 0) is 6.42 Å². The van der Waals surface area contributed by atoms with Crippen molar-refractivity contribution in [3.05, 3.63) is 24.3 Å². The monoisotopic (exact) mass is 153 g/mol. The molecule has 4 heteroatoms. The van der Waals surface area contributed by atoms with Crippen molar-refractivity contribution in [2.24, 2.45) is 5.73 Å². The van der Waals surface area contributed by atoms with Crippen LogP contribution in [0.2, 0.25) is 0 Å². The van der Waals surface area contributed by atoms with E-state index in [9.17, 15) is 0 Å². The highest BCUT2D eigenvalue weighted by Crippen LogP contribution is 2.07. The van der Waals surface area contributed by atoms with Crippen molar-refractivity contribution in [2.75, 3.05) is 6.61 Å². The van der Waals surface area contributed by atoms with Crippen LogP contribution in [-0.2, 0) is 0 Å². The van der Waals surface area contributed by atoms with Gasteiger partial charge >= 0.3 is 0 Å². The lowest BCUT2D eigenvalue weighted by Crippen LogP contribution is -2.13. The average Bonchev–Trinajstić information content (AvgIpc) is 2.07. The maximum Gasteiger partial charge on any atom is 0.0754 e. The summed E-state index contributed by atoms with van der Waals surface area (Å²) in [7, 11) is 0. The van der Waals surface area contributed by atoms with Crippen LogP contribution in [0.4, 0.5) is 0 Å². The molecule has 0 fully saturated rings. The molecular formula is C7H11N3O. The number of nitrogens with zero attached hydrogens (tertiary/aromatic N) is 2. The van der Waals surface area contributed by atoms with Crippen molar-refractivity contribution < 1.29 is 5.11 Å². The van der Waals surface area contributed by atoms with Gasteiger partial charge < -0.3 is 10.8 Å². The third kappa shape index (κ3) is 2.25. The van der Waals surface area contributed by atoms with Crippen LogP contribution >= 0.6 is 0 Å². The molecule has 1 aromatic rings. The minimum Gasteiger partial charge on any atom is -0.396 e. The van der Waals surface area contributed by atoms with E-state index in [0.29, 0.717) is 6.42 Å². The van der Waals surface area contributed by atoms with Crippen LogP contribution in [0.3, 0.4) is 0 Å². The van der Waals surface area contributed by atoms with Gasteiger partial charge in [-0.3, -0.25) is 9.97 Å². The first-order chi connectivity index (χ1) is 5.34. The normalized spacial score (nSPS) is 12.9. The molecule has 0 aliphatic heterocycles. The number of aromatic nitrogens is 2. The van der Waals surface area contributed by atoms with Gasteiger partial charge in [-0.2, -0.15) is 0 Å². The molecule has 60 valence electrons. The minimum atomic E-state index is -0.200. The fraction of sp³-hybridized carbons (Fsp3) is 0.429. The van der Waals surface area contributed by atoms with Crippen LogP contribution in [0, 0.1) is 0 Å². The van der Waals surface area contributed by atoms with Gasteiger partial charge in [-0.15, -0.1) is 0 Å². The van der Waals surface area contributed by atoms with Crippen LogP contribution in [0.1, 0.15) is 18.2 Å². The van der Waals surface area contributed by atoms with E-state index in [2.05, 4.69) is 9.97 Å². The van der Waals surface area contributed by atoms with Gasteiger partial charge in [0.15, 0.2) is 0 Å². The Kier molecular flexibility index (Phi) is 2.95. The Morgan fingerprint density at radius 1 is 1.55 bits per heavy atom. The summed E-state index contributed by atoms with van der Waals surface area (Å²) in [5.74, 6) is 0. The SMILES string of the molecule is N[C@@H](CCO)c1cnccn1. The van der Waals surface area contributed by atoms with Crippen LogP contribution in [0.5, 0.6) is 0 Å². The molecule has 1 atom stereocenters. The first kappa shape index (κ1) is 8.10. The van der Waals surface area contributed by atoms with E-state index < -0.39 is 0 Å². The molecule has 0 aromatic carbocycles. The summed E-state index contributed by atoms with van der Waals surface area (Å²) in [4.78, 5) is 7.86. The molecular weight excluding hydrogens is 142 g/mol. The zero-order valence-corrected chi connectivity index (χ0v) is 6.14. The van der Waals surface area contributed by atoms with Crippen LogP contribution in [0.15, 0.2) is 18.6 Å². The van der Waals surface area contributed by atoms with Crippen molar-refractivity contribution in [1.29, 1.82) is 0 Å². The van der Waals surface area contributed by atoms with E-state index in [-0.39, 0.29) is 12.6 Å². The molecule has 1 rings (SSSR count). The van der Waals surface area contributed by atoms with E-state index in [1.54, 1.807) is 18.6 Å². The molecule has 0 unspecified atom stereocenters. The molecule has 0 aliphatic rings. The van der Waals surface area contributed by atoms with Crippen LogP contribution in [-0.4, -0.2) is 21.7 Å². The molecule has 0 saturated carbocycles. The number of aliphatic hydroxyl groups is 1. The summed E-state index contributed by atoms with van der Waals surface area (Å²) in [6.07, 6.45) is 5.32. The maximum atomic E-state index is 8.57. The lowest BCUT2D eigenvalue weighted by Gasteiger charge is -2.06. The first-order valence-electron chi connectivity index (χ1n) is 3.47. The molecule has 1 aromatic heterocycles. The van der Waals surface area contributed by atoms with Gasteiger partial charge in [0.05, 0.1) is 11.7 Å².